The molecular weight excluding hydrogens is 474 g/mol. The van der Waals surface area contributed by atoms with Crippen molar-refractivity contribution in [2.24, 2.45) is 0 Å². The number of anilines is 3. The van der Waals surface area contributed by atoms with Gasteiger partial charge >= 0.3 is 0 Å². The van der Waals surface area contributed by atoms with Crippen LogP contribution in [0.15, 0.2) is 83.3 Å². The Kier molecular flexibility index (Phi) is 6.27. The van der Waals surface area contributed by atoms with E-state index in [1.165, 1.54) is 12.1 Å². The van der Waals surface area contributed by atoms with Gasteiger partial charge in [0.15, 0.2) is 0 Å². The van der Waals surface area contributed by atoms with Gasteiger partial charge in [0.2, 0.25) is 5.95 Å². The van der Waals surface area contributed by atoms with E-state index in [1.54, 1.807) is 18.2 Å². The second kappa shape index (κ2) is 9.44. The van der Waals surface area contributed by atoms with Crippen molar-refractivity contribution in [3.05, 3.63) is 99.0 Å². The van der Waals surface area contributed by atoms with E-state index >= 15 is 0 Å². The zero-order valence-corrected chi connectivity index (χ0v) is 18.3. The highest BCUT2D eigenvalue weighted by molar-refractivity contribution is 9.10. The number of halogens is 1. The fraction of sp³-hybridized carbons (Fsp3) is 0.0435. The molecule has 0 radical (unpaired) electrons. The number of nitrogen functional groups attached to an aromatic ring is 1. The third-order valence-electron chi connectivity index (χ3n) is 4.58. The Bertz CT molecular complexity index is 1250. The summed E-state index contributed by atoms with van der Waals surface area (Å²) in [6, 6.07) is 23.2. The molecule has 0 saturated carbocycles. The van der Waals surface area contributed by atoms with Crippen molar-refractivity contribution in [3.63, 3.8) is 0 Å². The molecule has 0 bridgehead atoms. The van der Waals surface area contributed by atoms with E-state index < -0.39 is 4.92 Å². The first-order chi connectivity index (χ1) is 15.5. The largest absolute Gasteiger partial charge is 0.489 e. The van der Waals surface area contributed by atoms with Gasteiger partial charge in [-0.1, -0.05) is 40.2 Å². The minimum absolute atomic E-state index is 0.00985. The molecule has 0 aliphatic carbocycles. The lowest BCUT2D eigenvalue weighted by Crippen LogP contribution is -2.04. The Morgan fingerprint density at radius 2 is 1.75 bits per heavy atom. The van der Waals surface area contributed by atoms with Crippen LogP contribution in [0.1, 0.15) is 5.56 Å². The van der Waals surface area contributed by atoms with Crippen molar-refractivity contribution < 1.29 is 9.66 Å². The smallest absolute Gasteiger partial charge is 0.269 e. The summed E-state index contributed by atoms with van der Waals surface area (Å²) in [5, 5.41) is 14.0. The second-order valence-electron chi connectivity index (χ2n) is 6.83. The van der Waals surface area contributed by atoms with E-state index in [1.807, 2.05) is 48.5 Å². The van der Waals surface area contributed by atoms with E-state index in [2.05, 4.69) is 31.2 Å². The maximum absolute atomic E-state index is 10.9. The van der Waals surface area contributed by atoms with Gasteiger partial charge in [0.1, 0.15) is 18.2 Å². The average molecular weight is 492 g/mol. The van der Waals surface area contributed by atoms with Crippen LogP contribution in [-0.4, -0.2) is 14.9 Å². The van der Waals surface area contributed by atoms with Crippen LogP contribution in [0.3, 0.4) is 0 Å². The standard InChI is InChI=1S/C23H18BrN5O3/c24-16-7-6-15(14-32-19-4-2-1-3-5-19)20(12-16)21-13-22(28-23(25)27-21)26-17-8-10-18(11-9-17)29(30)31/h1-13H,14H2,(H3,25,26,27,28). The number of non-ortho nitro benzene ring substituents is 1. The monoisotopic (exact) mass is 491 g/mol. The molecule has 160 valence electrons. The molecule has 0 spiro atoms. The number of benzene rings is 3. The molecule has 4 rings (SSSR count). The lowest BCUT2D eigenvalue weighted by atomic mass is 10.0. The summed E-state index contributed by atoms with van der Waals surface area (Å²) >= 11 is 3.51. The van der Waals surface area contributed by atoms with Crippen LogP contribution in [0, 0.1) is 10.1 Å². The topological polar surface area (TPSA) is 116 Å². The number of hydrogen-bond acceptors (Lipinski definition) is 7. The van der Waals surface area contributed by atoms with Gasteiger partial charge < -0.3 is 15.8 Å². The zero-order valence-electron chi connectivity index (χ0n) is 16.7. The van der Waals surface area contributed by atoms with Crippen LogP contribution in [0.2, 0.25) is 0 Å². The fourth-order valence-electron chi connectivity index (χ4n) is 3.07. The van der Waals surface area contributed by atoms with Crippen molar-refractivity contribution in [1.29, 1.82) is 0 Å². The number of hydrogen-bond donors (Lipinski definition) is 2. The Morgan fingerprint density at radius 3 is 2.47 bits per heavy atom. The molecule has 0 saturated heterocycles. The number of nitrogens with one attached hydrogen (secondary N) is 1. The summed E-state index contributed by atoms with van der Waals surface area (Å²) < 4.78 is 6.81. The lowest BCUT2D eigenvalue weighted by molar-refractivity contribution is -0.384. The van der Waals surface area contributed by atoms with Crippen molar-refractivity contribution in [3.8, 4) is 17.0 Å². The molecule has 0 atom stereocenters. The van der Waals surface area contributed by atoms with E-state index in [0.717, 1.165) is 21.3 Å². The molecule has 8 nitrogen and oxygen atoms in total. The molecule has 0 aliphatic rings. The van der Waals surface area contributed by atoms with Crippen molar-refractivity contribution in [2.75, 3.05) is 11.1 Å². The number of para-hydroxylation sites is 1. The Labute approximate surface area is 192 Å². The number of aromatic nitrogens is 2. The third kappa shape index (κ3) is 5.19. The Morgan fingerprint density at radius 1 is 1.00 bits per heavy atom. The lowest BCUT2D eigenvalue weighted by Gasteiger charge is -2.13. The van der Waals surface area contributed by atoms with Gasteiger partial charge in [-0.25, -0.2) is 4.98 Å². The quantitative estimate of drug-likeness (QED) is 0.250. The van der Waals surface area contributed by atoms with Gasteiger partial charge in [-0.2, -0.15) is 4.98 Å². The molecule has 3 N–H and O–H groups in total. The molecular formula is C23H18BrN5O3. The second-order valence-corrected chi connectivity index (χ2v) is 7.74. The van der Waals surface area contributed by atoms with Gasteiger partial charge in [0.25, 0.3) is 5.69 Å². The SMILES string of the molecule is Nc1nc(Nc2ccc([N+](=O)[O-])cc2)cc(-c2cc(Br)ccc2COc2ccccc2)n1. The van der Waals surface area contributed by atoms with Gasteiger partial charge in [0.05, 0.1) is 10.6 Å². The molecule has 0 amide bonds. The molecule has 4 aromatic rings. The summed E-state index contributed by atoms with van der Waals surface area (Å²) in [6.07, 6.45) is 0. The summed E-state index contributed by atoms with van der Waals surface area (Å²) in [6.45, 7) is 0.349. The van der Waals surface area contributed by atoms with Gasteiger partial charge in [-0.15, -0.1) is 0 Å². The van der Waals surface area contributed by atoms with Gasteiger partial charge in [-0.05, 0) is 42.0 Å². The molecule has 9 heteroatoms. The normalized spacial score (nSPS) is 10.5. The zero-order chi connectivity index (χ0) is 22.5. The predicted octanol–water partition coefficient (Wildman–Crippen LogP) is 5.72. The van der Waals surface area contributed by atoms with Gasteiger partial charge in [0, 0.05) is 33.9 Å². The summed E-state index contributed by atoms with van der Waals surface area (Å²) in [5.74, 6) is 1.34. The van der Waals surface area contributed by atoms with Crippen LogP contribution in [0.4, 0.5) is 23.1 Å². The number of ether oxygens (including phenoxy) is 1. The highest BCUT2D eigenvalue weighted by Gasteiger charge is 2.12. The van der Waals surface area contributed by atoms with E-state index in [0.29, 0.717) is 23.8 Å². The molecule has 0 unspecified atom stereocenters. The summed E-state index contributed by atoms with van der Waals surface area (Å²) in [7, 11) is 0. The van der Waals surface area contributed by atoms with E-state index in [9.17, 15) is 10.1 Å². The fourth-order valence-corrected chi connectivity index (χ4v) is 3.43. The van der Waals surface area contributed by atoms with Crippen LogP contribution in [0.25, 0.3) is 11.3 Å². The molecule has 1 heterocycles. The summed E-state index contributed by atoms with van der Waals surface area (Å²) in [5.41, 5.74) is 9.01. The van der Waals surface area contributed by atoms with Crippen LogP contribution < -0.4 is 15.8 Å². The van der Waals surface area contributed by atoms with E-state index in [4.69, 9.17) is 10.5 Å². The maximum Gasteiger partial charge on any atom is 0.269 e. The van der Waals surface area contributed by atoms with Crippen LogP contribution >= 0.6 is 15.9 Å². The minimum Gasteiger partial charge on any atom is -0.489 e. The highest BCUT2D eigenvalue weighted by Crippen LogP contribution is 2.30. The number of nitro groups is 1. The van der Waals surface area contributed by atoms with Crippen molar-refractivity contribution in [1.82, 2.24) is 9.97 Å². The summed E-state index contributed by atoms with van der Waals surface area (Å²) in [4.78, 5) is 19.0. The predicted molar refractivity (Wildman–Crippen MR) is 127 cm³/mol. The van der Waals surface area contributed by atoms with E-state index in [-0.39, 0.29) is 11.6 Å². The number of nitro benzene ring substituents is 1. The van der Waals surface area contributed by atoms with Crippen LogP contribution in [-0.2, 0) is 6.61 Å². The molecule has 1 aromatic heterocycles. The van der Waals surface area contributed by atoms with Gasteiger partial charge in [-0.3, -0.25) is 10.1 Å². The first-order valence-electron chi connectivity index (χ1n) is 9.60. The molecule has 0 aliphatic heterocycles. The average Bonchev–Trinajstić information content (AvgIpc) is 2.79. The first kappa shape index (κ1) is 21.3. The minimum atomic E-state index is -0.448. The maximum atomic E-state index is 10.9. The Hall–Kier alpha value is -3.98. The van der Waals surface area contributed by atoms with Crippen molar-refractivity contribution >= 4 is 39.1 Å². The Balaban J connectivity index is 1.62. The highest BCUT2D eigenvalue weighted by atomic mass is 79.9. The van der Waals surface area contributed by atoms with Crippen LogP contribution in [0.5, 0.6) is 5.75 Å². The molecule has 32 heavy (non-hydrogen) atoms. The van der Waals surface area contributed by atoms with Crippen molar-refractivity contribution in [2.45, 2.75) is 6.61 Å². The first-order valence-corrected chi connectivity index (χ1v) is 10.4. The molecule has 3 aromatic carbocycles. The third-order valence-corrected chi connectivity index (χ3v) is 5.07. The number of nitrogens with two attached hydrogens (primary N) is 1. The number of nitrogens with zero attached hydrogens (tertiary/aromatic N) is 3. The number of rotatable bonds is 7. The molecule has 0 fully saturated rings.